The molecule has 2 rings (SSSR count). The van der Waals surface area contributed by atoms with Gasteiger partial charge in [0, 0.05) is 19.6 Å². The van der Waals surface area contributed by atoms with Gasteiger partial charge in [0.25, 0.3) is 0 Å². The standard InChI is InChI=1S/C16H24N2O2/c1-13-6-5-11-18(12-13)16(19)17-10-9-14-7-3-4-8-15(14)20-2/h3-4,7-8,13H,5-6,9-12H2,1-2H3,(H,17,19). The fourth-order valence-electron chi connectivity index (χ4n) is 2.70. The van der Waals surface area contributed by atoms with Crippen molar-refractivity contribution in [2.75, 3.05) is 26.7 Å². The molecule has 2 amide bonds. The molecule has 4 nitrogen and oxygen atoms in total. The molecule has 1 aromatic rings. The average Bonchev–Trinajstić information content (AvgIpc) is 2.47. The molecule has 0 aliphatic carbocycles. The molecule has 1 heterocycles. The molecule has 1 fully saturated rings. The Morgan fingerprint density at radius 3 is 3.00 bits per heavy atom. The summed E-state index contributed by atoms with van der Waals surface area (Å²) < 4.78 is 5.31. The summed E-state index contributed by atoms with van der Waals surface area (Å²) in [6.07, 6.45) is 3.13. The van der Waals surface area contributed by atoms with Crippen molar-refractivity contribution in [1.29, 1.82) is 0 Å². The van der Waals surface area contributed by atoms with Crippen molar-refractivity contribution in [2.45, 2.75) is 26.2 Å². The monoisotopic (exact) mass is 276 g/mol. The minimum Gasteiger partial charge on any atom is -0.496 e. The van der Waals surface area contributed by atoms with Gasteiger partial charge in [-0.2, -0.15) is 0 Å². The summed E-state index contributed by atoms with van der Waals surface area (Å²) in [5.74, 6) is 1.50. The maximum atomic E-state index is 12.1. The second kappa shape index (κ2) is 7.17. The summed E-state index contributed by atoms with van der Waals surface area (Å²) in [7, 11) is 1.67. The van der Waals surface area contributed by atoms with Gasteiger partial charge in [-0.3, -0.25) is 0 Å². The van der Waals surface area contributed by atoms with E-state index >= 15 is 0 Å². The smallest absolute Gasteiger partial charge is 0.317 e. The van der Waals surface area contributed by atoms with Crippen molar-refractivity contribution in [1.82, 2.24) is 10.2 Å². The number of carbonyl (C=O) groups excluding carboxylic acids is 1. The van der Waals surface area contributed by atoms with Crippen LogP contribution in [0.25, 0.3) is 0 Å². The van der Waals surface area contributed by atoms with Crippen molar-refractivity contribution < 1.29 is 9.53 Å². The van der Waals surface area contributed by atoms with Crippen LogP contribution in [0.2, 0.25) is 0 Å². The Labute approximate surface area is 121 Å². The van der Waals surface area contributed by atoms with Crippen LogP contribution in [0.5, 0.6) is 5.75 Å². The highest BCUT2D eigenvalue weighted by molar-refractivity contribution is 5.74. The highest BCUT2D eigenvalue weighted by Crippen LogP contribution is 2.18. The summed E-state index contributed by atoms with van der Waals surface area (Å²) >= 11 is 0. The van der Waals surface area contributed by atoms with Gasteiger partial charge in [0.15, 0.2) is 0 Å². The number of amides is 2. The van der Waals surface area contributed by atoms with Crippen LogP contribution in [0.4, 0.5) is 4.79 Å². The van der Waals surface area contributed by atoms with Crippen LogP contribution in [0.15, 0.2) is 24.3 Å². The molecule has 0 aromatic heterocycles. The van der Waals surface area contributed by atoms with E-state index < -0.39 is 0 Å². The molecule has 1 aliphatic heterocycles. The van der Waals surface area contributed by atoms with E-state index in [9.17, 15) is 4.79 Å². The number of para-hydroxylation sites is 1. The molecule has 0 radical (unpaired) electrons. The van der Waals surface area contributed by atoms with Crippen LogP contribution < -0.4 is 10.1 Å². The molecule has 110 valence electrons. The Balaban J connectivity index is 1.79. The summed E-state index contributed by atoms with van der Waals surface area (Å²) in [4.78, 5) is 14.0. The number of hydrogen-bond donors (Lipinski definition) is 1. The Morgan fingerprint density at radius 1 is 1.45 bits per heavy atom. The Morgan fingerprint density at radius 2 is 2.25 bits per heavy atom. The van der Waals surface area contributed by atoms with Gasteiger partial charge < -0.3 is 15.0 Å². The zero-order chi connectivity index (χ0) is 14.4. The third kappa shape index (κ3) is 3.89. The maximum Gasteiger partial charge on any atom is 0.317 e. The second-order valence-electron chi connectivity index (χ2n) is 5.49. The van der Waals surface area contributed by atoms with E-state index in [1.54, 1.807) is 7.11 Å². The summed E-state index contributed by atoms with van der Waals surface area (Å²) in [6.45, 7) is 4.60. The number of nitrogens with one attached hydrogen (secondary N) is 1. The van der Waals surface area contributed by atoms with E-state index in [1.165, 1.54) is 6.42 Å². The first-order valence-electron chi connectivity index (χ1n) is 7.35. The van der Waals surface area contributed by atoms with Crippen LogP contribution in [0, 0.1) is 5.92 Å². The van der Waals surface area contributed by atoms with Crippen LogP contribution in [-0.4, -0.2) is 37.7 Å². The predicted molar refractivity (Wildman–Crippen MR) is 80.1 cm³/mol. The molecule has 4 heteroatoms. The van der Waals surface area contributed by atoms with E-state index in [1.807, 2.05) is 29.2 Å². The lowest BCUT2D eigenvalue weighted by atomic mass is 10.0. The van der Waals surface area contributed by atoms with Gasteiger partial charge in [-0.25, -0.2) is 4.79 Å². The molecule has 1 saturated heterocycles. The summed E-state index contributed by atoms with van der Waals surface area (Å²) in [5, 5.41) is 3.00. The van der Waals surface area contributed by atoms with Crippen LogP contribution in [-0.2, 0) is 6.42 Å². The predicted octanol–water partition coefficient (Wildman–Crippen LogP) is 2.68. The maximum absolute atomic E-state index is 12.1. The largest absolute Gasteiger partial charge is 0.496 e. The SMILES string of the molecule is COc1ccccc1CCNC(=O)N1CCCC(C)C1. The molecule has 0 saturated carbocycles. The molecule has 1 atom stereocenters. The van der Waals surface area contributed by atoms with Crippen molar-refractivity contribution in [3.05, 3.63) is 29.8 Å². The minimum atomic E-state index is 0.0615. The van der Waals surface area contributed by atoms with Gasteiger partial charge in [-0.1, -0.05) is 25.1 Å². The van der Waals surface area contributed by atoms with E-state index in [0.717, 1.165) is 37.2 Å². The lowest BCUT2D eigenvalue weighted by Gasteiger charge is -2.31. The van der Waals surface area contributed by atoms with Crippen molar-refractivity contribution in [3.8, 4) is 5.75 Å². The van der Waals surface area contributed by atoms with E-state index in [0.29, 0.717) is 12.5 Å². The highest BCUT2D eigenvalue weighted by Gasteiger charge is 2.20. The first-order valence-corrected chi connectivity index (χ1v) is 7.35. The molecule has 1 unspecified atom stereocenters. The quantitative estimate of drug-likeness (QED) is 0.918. The fraction of sp³-hybridized carbons (Fsp3) is 0.562. The molecule has 1 aliphatic rings. The first-order chi connectivity index (χ1) is 9.70. The molecular weight excluding hydrogens is 252 g/mol. The van der Waals surface area contributed by atoms with Gasteiger partial charge in [0.05, 0.1) is 7.11 Å². The van der Waals surface area contributed by atoms with Crippen molar-refractivity contribution in [3.63, 3.8) is 0 Å². The van der Waals surface area contributed by atoms with E-state index in [4.69, 9.17) is 4.74 Å². The number of methoxy groups -OCH3 is 1. The third-order valence-electron chi connectivity index (χ3n) is 3.81. The number of hydrogen-bond acceptors (Lipinski definition) is 2. The zero-order valence-corrected chi connectivity index (χ0v) is 12.4. The Bertz CT molecular complexity index is 448. The van der Waals surface area contributed by atoms with Gasteiger partial charge in [-0.15, -0.1) is 0 Å². The lowest BCUT2D eigenvalue weighted by Crippen LogP contribution is -2.45. The van der Waals surface area contributed by atoms with E-state index in [-0.39, 0.29) is 6.03 Å². The third-order valence-corrected chi connectivity index (χ3v) is 3.81. The normalized spacial score (nSPS) is 18.7. The average molecular weight is 276 g/mol. The van der Waals surface area contributed by atoms with Gasteiger partial charge >= 0.3 is 6.03 Å². The van der Waals surface area contributed by atoms with Crippen molar-refractivity contribution in [2.24, 2.45) is 5.92 Å². The molecule has 20 heavy (non-hydrogen) atoms. The minimum absolute atomic E-state index is 0.0615. The van der Waals surface area contributed by atoms with Gasteiger partial charge in [-0.05, 0) is 36.8 Å². The Hall–Kier alpha value is -1.71. The topological polar surface area (TPSA) is 41.6 Å². The van der Waals surface area contributed by atoms with E-state index in [2.05, 4.69) is 12.2 Å². The first kappa shape index (κ1) is 14.7. The van der Waals surface area contributed by atoms with Crippen LogP contribution in [0.3, 0.4) is 0 Å². The molecule has 1 N–H and O–H groups in total. The molecule has 1 aromatic carbocycles. The lowest BCUT2D eigenvalue weighted by molar-refractivity contribution is 0.170. The molecular formula is C16H24N2O2. The second-order valence-corrected chi connectivity index (χ2v) is 5.49. The van der Waals surface area contributed by atoms with Crippen LogP contribution >= 0.6 is 0 Å². The number of likely N-dealkylation sites (tertiary alicyclic amines) is 1. The van der Waals surface area contributed by atoms with Crippen LogP contribution in [0.1, 0.15) is 25.3 Å². The number of benzene rings is 1. The summed E-state index contributed by atoms with van der Waals surface area (Å²) in [6, 6.07) is 7.99. The number of nitrogens with zero attached hydrogens (tertiary/aromatic N) is 1. The number of carbonyl (C=O) groups is 1. The fourth-order valence-corrected chi connectivity index (χ4v) is 2.70. The molecule has 0 spiro atoms. The molecule has 0 bridgehead atoms. The van der Waals surface area contributed by atoms with Crippen molar-refractivity contribution >= 4 is 6.03 Å². The zero-order valence-electron chi connectivity index (χ0n) is 12.4. The summed E-state index contributed by atoms with van der Waals surface area (Å²) in [5.41, 5.74) is 1.13. The number of urea groups is 1. The highest BCUT2D eigenvalue weighted by atomic mass is 16.5. The van der Waals surface area contributed by atoms with Gasteiger partial charge in [0.2, 0.25) is 0 Å². The number of piperidine rings is 1. The Kier molecular flexibility index (Phi) is 5.27. The number of rotatable bonds is 4. The number of ether oxygens (including phenoxy) is 1. The van der Waals surface area contributed by atoms with Gasteiger partial charge in [0.1, 0.15) is 5.75 Å².